The highest BCUT2D eigenvalue weighted by atomic mass is 19.4. The van der Waals surface area contributed by atoms with Crippen LogP contribution in [0.1, 0.15) is 22.7 Å². The zero-order valence-electron chi connectivity index (χ0n) is 14.8. The topological polar surface area (TPSA) is 112 Å². The Balaban J connectivity index is 0.000000172. The maximum absolute atomic E-state index is 13.2. The van der Waals surface area contributed by atoms with Gasteiger partial charge in [0.2, 0.25) is 11.7 Å². The van der Waals surface area contributed by atoms with Gasteiger partial charge in [-0.3, -0.25) is 9.59 Å². The van der Waals surface area contributed by atoms with Gasteiger partial charge in [-0.25, -0.2) is 18.3 Å². The molecule has 0 atom stereocenters. The number of fused-ring (bicyclic) bond motifs is 2. The van der Waals surface area contributed by atoms with Crippen LogP contribution in [-0.2, 0) is 11.0 Å². The molecule has 0 radical (unpaired) electrons. The van der Waals surface area contributed by atoms with Gasteiger partial charge in [0.25, 0.3) is 5.91 Å². The van der Waals surface area contributed by atoms with E-state index in [2.05, 4.69) is 15.4 Å². The predicted molar refractivity (Wildman–Crippen MR) is 91.6 cm³/mol. The Morgan fingerprint density at radius 1 is 1.23 bits per heavy atom. The van der Waals surface area contributed by atoms with E-state index in [1.54, 1.807) is 0 Å². The van der Waals surface area contributed by atoms with Gasteiger partial charge in [-0.1, -0.05) is 6.07 Å². The Bertz CT molecular complexity index is 1130. The Kier molecular flexibility index (Phi) is 5.54. The van der Waals surface area contributed by atoms with Crippen molar-refractivity contribution in [2.75, 3.05) is 11.9 Å². The van der Waals surface area contributed by atoms with E-state index in [0.717, 1.165) is 12.1 Å². The summed E-state index contributed by atoms with van der Waals surface area (Å²) in [4.78, 5) is 25.3. The Morgan fingerprint density at radius 2 is 1.97 bits per heavy atom. The van der Waals surface area contributed by atoms with Crippen molar-refractivity contribution in [1.29, 1.82) is 0 Å². The summed E-state index contributed by atoms with van der Waals surface area (Å²) in [6, 6.07) is 5.07. The molecule has 0 aliphatic carbocycles. The number of halogens is 5. The number of carbonyl (C=O) groups excluding carboxylic acids is 2. The number of anilines is 1. The van der Waals surface area contributed by atoms with Crippen LogP contribution in [0.2, 0.25) is 0 Å². The minimum Gasteiger partial charge on any atom is -0.491 e. The van der Waals surface area contributed by atoms with Crippen LogP contribution in [0.4, 0.5) is 27.6 Å². The molecule has 0 saturated heterocycles. The second-order valence-corrected chi connectivity index (χ2v) is 5.89. The fourth-order valence-corrected chi connectivity index (χ4v) is 2.46. The molecule has 8 nitrogen and oxygen atoms in total. The minimum atomic E-state index is -4.57. The van der Waals surface area contributed by atoms with E-state index in [4.69, 9.17) is 10.5 Å². The minimum absolute atomic E-state index is 0.0355. The molecule has 3 heterocycles. The lowest BCUT2D eigenvalue weighted by Crippen LogP contribution is -2.15. The third-order valence-corrected chi connectivity index (χ3v) is 3.74. The number of rotatable bonds is 1. The Hall–Kier alpha value is -3.77. The van der Waals surface area contributed by atoms with E-state index in [0.29, 0.717) is 10.6 Å². The van der Waals surface area contributed by atoms with Gasteiger partial charge in [-0.2, -0.15) is 13.2 Å². The fraction of sp³-hybridized carbons (Fsp3) is 0.176. The molecule has 0 bridgehead atoms. The summed E-state index contributed by atoms with van der Waals surface area (Å²) < 4.78 is 69.0. The lowest BCUT2D eigenvalue weighted by molar-refractivity contribution is -0.142. The van der Waals surface area contributed by atoms with Gasteiger partial charge < -0.3 is 15.8 Å². The number of nitrogens with one attached hydrogen (secondary N) is 1. The quantitative estimate of drug-likeness (QED) is 0.578. The van der Waals surface area contributed by atoms with E-state index < -0.39 is 35.2 Å². The van der Waals surface area contributed by atoms with E-state index in [1.165, 1.54) is 12.1 Å². The van der Waals surface area contributed by atoms with E-state index in [1.807, 2.05) is 0 Å². The van der Waals surface area contributed by atoms with E-state index in [-0.39, 0.29) is 36.0 Å². The van der Waals surface area contributed by atoms with Crippen molar-refractivity contribution in [2.45, 2.75) is 12.6 Å². The zero-order chi connectivity index (χ0) is 22.1. The summed E-state index contributed by atoms with van der Waals surface area (Å²) in [5.41, 5.74) is 3.70. The predicted octanol–water partition coefficient (Wildman–Crippen LogP) is 2.53. The fourth-order valence-electron chi connectivity index (χ4n) is 2.46. The van der Waals surface area contributed by atoms with Gasteiger partial charge in [0.1, 0.15) is 22.9 Å². The number of carbonyl (C=O) groups is 2. The largest absolute Gasteiger partial charge is 0.491 e. The number of primary amides is 1. The number of amides is 2. The van der Waals surface area contributed by atoms with Crippen LogP contribution in [-0.4, -0.2) is 33.0 Å². The van der Waals surface area contributed by atoms with Gasteiger partial charge in [-0.15, -0.1) is 5.10 Å². The molecule has 1 aromatic carbocycles. The lowest BCUT2D eigenvalue weighted by atomic mass is 10.2. The number of aromatic nitrogens is 3. The van der Waals surface area contributed by atoms with Gasteiger partial charge in [-0.05, 0) is 12.1 Å². The van der Waals surface area contributed by atoms with Crippen molar-refractivity contribution < 1.29 is 36.3 Å². The number of hydrogen-bond donors (Lipinski definition) is 2. The summed E-state index contributed by atoms with van der Waals surface area (Å²) in [5, 5.41) is 5.70. The molecule has 3 N–H and O–H groups in total. The summed E-state index contributed by atoms with van der Waals surface area (Å²) in [6.45, 7) is 0.127. The first kappa shape index (κ1) is 21.0. The number of nitrogens with zero attached hydrogens (tertiary/aromatic N) is 3. The molecule has 4 rings (SSSR count). The highest BCUT2D eigenvalue weighted by Gasteiger charge is 2.34. The number of pyridine rings is 1. The molecule has 13 heteroatoms. The van der Waals surface area contributed by atoms with Crippen molar-refractivity contribution in [1.82, 2.24) is 14.6 Å². The number of hydrogen-bond acceptors (Lipinski definition) is 5. The summed E-state index contributed by atoms with van der Waals surface area (Å²) in [5.74, 6) is -3.27. The Labute approximate surface area is 164 Å². The van der Waals surface area contributed by atoms with Crippen LogP contribution >= 0.6 is 0 Å². The molecule has 158 valence electrons. The first-order chi connectivity index (χ1) is 14.1. The molecular weight excluding hydrogens is 417 g/mol. The maximum Gasteiger partial charge on any atom is 0.433 e. The average molecular weight is 429 g/mol. The molecule has 2 amide bonds. The highest BCUT2D eigenvalue weighted by Crippen LogP contribution is 2.31. The number of nitrogens with two attached hydrogens (primary N) is 1. The molecular formula is C17H12F5N5O3. The average Bonchev–Trinajstić information content (AvgIpc) is 2.99. The normalized spacial score (nSPS) is 13.4. The van der Waals surface area contributed by atoms with Crippen molar-refractivity contribution in [2.24, 2.45) is 5.73 Å². The second kappa shape index (κ2) is 7.93. The summed E-state index contributed by atoms with van der Waals surface area (Å²) in [7, 11) is 0. The van der Waals surface area contributed by atoms with Gasteiger partial charge in [0, 0.05) is 12.1 Å². The van der Waals surface area contributed by atoms with Gasteiger partial charge in [0.15, 0.2) is 11.5 Å². The molecule has 30 heavy (non-hydrogen) atoms. The van der Waals surface area contributed by atoms with Crippen LogP contribution < -0.4 is 15.8 Å². The molecule has 0 fully saturated rings. The van der Waals surface area contributed by atoms with Gasteiger partial charge in [0.05, 0.1) is 13.0 Å². The van der Waals surface area contributed by atoms with E-state index in [9.17, 15) is 31.5 Å². The van der Waals surface area contributed by atoms with Crippen LogP contribution in [0, 0.1) is 11.6 Å². The third-order valence-electron chi connectivity index (χ3n) is 3.74. The second-order valence-electron chi connectivity index (χ2n) is 5.89. The number of alkyl halides is 3. The molecule has 0 unspecified atom stereocenters. The first-order valence-electron chi connectivity index (χ1n) is 8.20. The zero-order valence-corrected chi connectivity index (χ0v) is 14.8. The standard InChI is InChI=1S/C9H7F2NO2.C8H5F3N4O/c10-5-3-6(11)9-7(4-5)14-2-1-8(13)12-9;9-8(10,11)4-2-1-3-5-13-7(6(12)16)14-15(4)5/h3-4H,1-2H2,(H,12,13);1-3H,(H2,12,16). The molecule has 2 aromatic heterocycles. The van der Waals surface area contributed by atoms with Crippen LogP contribution in [0.5, 0.6) is 5.75 Å². The number of benzene rings is 1. The van der Waals surface area contributed by atoms with Crippen molar-refractivity contribution in [3.05, 3.63) is 53.5 Å². The maximum atomic E-state index is 13.2. The summed E-state index contributed by atoms with van der Waals surface area (Å²) in [6.07, 6.45) is -4.43. The number of ether oxygens (including phenoxy) is 1. The molecule has 3 aromatic rings. The smallest absolute Gasteiger partial charge is 0.433 e. The van der Waals surface area contributed by atoms with Crippen molar-refractivity contribution in [3.63, 3.8) is 0 Å². The van der Waals surface area contributed by atoms with Crippen LogP contribution in [0.3, 0.4) is 0 Å². The van der Waals surface area contributed by atoms with Gasteiger partial charge >= 0.3 is 6.18 Å². The first-order valence-corrected chi connectivity index (χ1v) is 8.20. The third kappa shape index (κ3) is 4.45. The Morgan fingerprint density at radius 3 is 2.63 bits per heavy atom. The highest BCUT2D eigenvalue weighted by molar-refractivity contribution is 5.93. The lowest BCUT2D eigenvalue weighted by Gasteiger charge is -2.07. The molecule has 1 aliphatic rings. The molecule has 0 spiro atoms. The monoisotopic (exact) mass is 429 g/mol. The van der Waals surface area contributed by atoms with Crippen molar-refractivity contribution >= 4 is 23.1 Å². The van der Waals surface area contributed by atoms with Crippen LogP contribution in [0.15, 0.2) is 30.3 Å². The van der Waals surface area contributed by atoms with Crippen molar-refractivity contribution in [3.8, 4) is 5.75 Å². The van der Waals surface area contributed by atoms with E-state index >= 15 is 0 Å². The van der Waals surface area contributed by atoms with Crippen LogP contribution in [0.25, 0.3) is 5.65 Å². The summed E-state index contributed by atoms with van der Waals surface area (Å²) >= 11 is 0. The SMILES string of the molecule is NC(=O)c1nc2cccc(C(F)(F)F)n2n1.O=C1CCOc2cc(F)cc(F)c2N1. The molecule has 0 saturated carbocycles. The molecule has 1 aliphatic heterocycles.